The predicted molar refractivity (Wildman–Crippen MR) is 160 cm³/mol. The Balaban J connectivity index is 1.58. The van der Waals surface area contributed by atoms with Crippen LogP contribution in [-0.4, -0.2) is 40.9 Å². The number of nitrogens with zero attached hydrogens (tertiary/aromatic N) is 5. The van der Waals surface area contributed by atoms with Crippen LogP contribution in [0.15, 0.2) is 98.8 Å². The van der Waals surface area contributed by atoms with Gasteiger partial charge in [-0.3, -0.25) is 14.3 Å². The molecule has 0 N–H and O–H groups in total. The van der Waals surface area contributed by atoms with Crippen molar-refractivity contribution in [2.24, 2.45) is 17.3 Å². The zero-order valence-electron chi connectivity index (χ0n) is 22.4. The van der Waals surface area contributed by atoms with E-state index < -0.39 is 0 Å². The smallest absolute Gasteiger partial charge is 0.296 e. The number of thioether (sulfide) groups is 1. The number of benzene rings is 3. The van der Waals surface area contributed by atoms with Crippen LogP contribution in [-0.2, 0) is 11.8 Å². The maximum atomic E-state index is 13.8. The molecule has 1 aromatic heterocycles. The fraction of sp³-hybridized carbons (Fsp3) is 0.133. The molecule has 0 atom stereocenters. The summed E-state index contributed by atoms with van der Waals surface area (Å²) in [4.78, 5) is 29.4. The molecule has 1 aliphatic rings. The highest BCUT2D eigenvalue weighted by Crippen LogP contribution is 2.36. The van der Waals surface area contributed by atoms with Crippen LogP contribution in [0.3, 0.4) is 0 Å². The quantitative estimate of drug-likeness (QED) is 0.182. The molecule has 1 saturated heterocycles. The number of rotatable bonds is 7. The van der Waals surface area contributed by atoms with Gasteiger partial charge in [0.15, 0.2) is 0 Å². The number of carbonyl (C=O) groups is 1. The van der Waals surface area contributed by atoms with E-state index in [1.165, 1.54) is 9.58 Å². The molecule has 0 aliphatic carbocycles. The van der Waals surface area contributed by atoms with Gasteiger partial charge in [-0.05, 0) is 84.4 Å². The van der Waals surface area contributed by atoms with Gasteiger partial charge in [0.05, 0.1) is 36.7 Å². The highest BCUT2D eigenvalue weighted by atomic mass is 32.2. The Labute approximate surface area is 235 Å². The summed E-state index contributed by atoms with van der Waals surface area (Å²) in [5.41, 5.74) is 2.81. The number of carbonyl (C=O) groups excluding carboxylic acids is 1. The monoisotopic (exact) mass is 553 g/mol. The number of amides is 1. The zero-order valence-corrected chi connectivity index (χ0v) is 23.3. The van der Waals surface area contributed by atoms with Gasteiger partial charge in [0.1, 0.15) is 17.2 Å². The van der Waals surface area contributed by atoms with Crippen LogP contribution in [0.1, 0.15) is 16.8 Å². The van der Waals surface area contributed by atoms with E-state index in [1.807, 2.05) is 78.9 Å². The first-order valence-electron chi connectivity index (χ1n) is 12.4. The summed E-state index contributed by atoms with van der Waals surface area (Å²) in [6.45, 7) is 1.80. The normalized spacial score (nSPS) is 15.5. The van der Waals surface area contributed by atoms with Crippen molar-refractivity contribution in [1.29, 1.82) is 0 Å². The second kappa shape index (κ2) is 11.5. The molecule has 40 heavy (non-hydrogen) atoms. The van der Waals surface area contributed by atoms with E-state index in [9.17, 15) is 9.59 Å². The van der Waals surface area contributed by atoms with Crippen LogP contribution < -0.4 is 19.9 Å². The van der Waals surface area contributed by atoms with E-state index in [4.69, 9.17) is 9.47 Å². The molecule has 10 heteroatoms. The van der Waals surface area contributed by atoms with Crippen LogP contribution in [0.5, 0.6) is 11.5 Å². The molecule has 202 valence electrons. The third-order valence-corrected chi connectivity index (χ3v) is 7.39. The van der Waals surface area contributed by atoms with Gasteiger partial charge < -0.3 is 9.47 Å². The van der Waals surface area contributed by atoms with E-state index in [0.29, 0.717) is 22.0 Å². The van der Waals surface area contributed by atoms with Crippen LogP contribution in [0.25, 0.3) is 11.8 Å². The maximum Gasteiger partial charge on any atom is 0.296 e. The van der Waals surface area contributed by atoms with Crippen molar-refractivity contribution >= 4 is 40.8 Å². The Morgan fingerprint density at radius 3 is 2.02 bits per heavy atom. The number of aromatic nitrogens is 2. The molecule has 4 aromatic rings. The van der Waals surface area contributed by atoms with Gasteiger partial charge >= 0.3 is 0 Å². The average Bonchev–Trinajstić information content (AvgIpc) is 3.39. The summed E-state index contributed by atoms with van der Waals surface area (Å²) >= 11 is 1.16. The molecule has 0 radical (unpaired) electrons. The fourth-order valence-electron chi connectivity index (χ4n) is 4.24. The molecule has 9 nitrogen and oxygen atoms in total. The summed E-state index contributed by atoms with van der Waals surface area (Å²) < 4.78 is 13.7. The number of hydrogen-bond donors (Lipinski definition) is 0. The third-order valence-electron chi connectivity index (χ3n) is 6.43. The Morgan fingerprint density at radius 2 is 1.43 bits per heavy atom. The fourth-order valence-corrected chi connectivity index (χ4v) is 5.16. The maximum absolute atomic E-state index is 13.8. The second-order valence-corrected chi connectivity index (χ2v) is 9.84. The molecule has 3 aromatic carbocycles. The van der Waals surface area contributed by atoms with Crippen molar-refractivity contribution in [2.45, 2.75) is 6.92 Å². The van der Waals surface area contributed by atoms with Gasteiger partial charge in [0.25, 0.3) is 11.5 Å². The van der Waals surface area contributed by atoms with Crippen LogP contribution in [0.2, 0.25) is 0 Å². The summed E-state index contributed by atoms with van der Waals surface area (Å²) in [6.07, 6.45) is 3.35. The lowest BCUT2D eigenvalue weighted by molar-refractivity contribution is -0.113. The Morgan fingerprint density at radius 1 is 0.825 bits per heavy atom. The number of amidine groups is 1. The number of ether oxygens (including phenoxy) is 2. The molecule has 0 saturated carbocycles. The molecular formula is C30H27N5O4S. The lowest BCUT2D eigenvalue weighted by Gasteiger charge is -2.13. The largest absolute Gasteiger partial charge is 0.497 e. The zero-order chi connectivity index (χ0) is 28.2. The Hall–Kier alpha value is -4.83. The minimum Gasteiger partial charge on any atom is -0.497 e. The van der Waals surface area contributed by atoms with Gasteiger partial charge in [-0.25, -0.2) is 9.58 Å². The molecule has 0 unspecified atom stereocenters. The van der Waals surface area contributed by atoms with E-state index in [0.717, 1.165) is 28.6 Å². The van der Waals surface area contributed by atoms with Crippen LogP contribution >= 0.6 is 11.8 Å². The molecule has 0 bridgehead atoms. The molecule has 1 fully saturated rings. The minimum absolute atomic E-state index is 0.223. The van der Waals surface area contributed by atoms with Crippen molar-refractivity contribution in [2.75, 3.05) is 19.1 Å². The number of anilines is 1. The van der Waals surface area contributed by atoms with Gasteiger partial charge in [-0.15, -0.1) is 5.10 Å². The van der Waals surface area contributed by atoms with Crippen LogP contribution in [0, 0.1) is 6.92 Å². The topological polar surface area (TPSA) is 90.4 Å². The standard InChI is InChI=1S/C30H27N5O4S/c1-20-27(29(37)35(33(20)2)23-8-6-5-7-9-23)34-28(36)26(18-21-10-14-24(38-3)15-11-21)40-30(34)32-31-19-22-12-16-25(39-4)17-13-22/h5-19H,1-4H3/b26-18-,31-19?,32-30?. The summed E-state index contributed by atoms with van der Waals surface area (Å²) in [5.74, 6) is 1.09. The molecule has 5 rings (SSSR count). The number of methoxy groups -OCH3 is 2. The average molecular weight is 554 g/mol. The van der Waals surface area contributed by atoms with Crippen molar-refractivity contribution in [1.82, 2.24) is 9.36 Å². The van der Waals surface area contributed by atoms with Crippen molar-refractivity contribution in [3.63, 3.8) is 0 Å². The minimum atomic E-state index is -0.356. The van der Waals surface area contributed by atoms with Gasteiger partial charge in [0, 0.05) is 7.05 Å². The van der Waals surface area contributed by atoms with Crippen molar-refractivity contribution < 1.29 is 14.3 Å². The first-order chi connectivity index (χ1) is 19.4. The number of hydrogen-bond acceptors (Lipinski definition) is 7. The molecule has 0 spiro atoms. The highest BCUT2D eigenvalue weighted by Gasteiger charge is 2.39. The van der Waals surface area contributed by atoms with E-state index in [1.54, 1.807) is 45.2 Å². The van der Waals surface area contributed by atoms with E-state index in [2.05, 4.69) is 10.2 Å². The van der Waals surface area contributed by atoms with Gasteiger partial charge in [-0.1, -0.05) is 30.3 Å². The molecule has 1 aliphatic heterocycles. The first kappa shape index (κ1) is 26.8. The lowest BCUT2D eigenvalue weighted by Crippen LogP contribution is -2.33. The second-order valence-electron chi connectivity index (χ2n) is 8.83. The summed E-state index contributed by atoms with van der Waals surface area (Å²) in [7, 11) is 4.99. The van der Waals surface area contributed by atoms with Gasteiger partial charge in [0.2, 0.25) is 5.17 Å². The SMILES string of the molecule is COc1ccc(C=NN=C2S/C(=C\c3ccc(OC)cc3)C(=O)N2c2c(C)n(C)n(-c3ccccc3)c2=O)cc1. The highest BCUT2D eigenvalue weighted by molar-refractivity contribution is 8.19. The van der Waals surface area contributed by atoms with Crippen molar-refractivity contribution in [3.05, 3.63) is 111 Å². The van der Waals surface area contributed by atoms with E-state index >= 15 is 0 Å². The Kier molecular flexibility index (Phi) is 7.70. The summed E-state index contributed by atoms with van der Waals surface area (Å²) in [5, 5.41) is 8.91. The Bertz CT molecular complexity index is 1690. The lowest BCUT2D eigenvalue weighted by atomic mass is 10.2. The third kappa shape index (κ3) is 5.21. The van der Waals surface area contributed by atoms with E-state index in [-0.39, 0.29) is 22.3 Å². The van der Waals surface area contributed by atoms with Gasteiger partial charge in [-0.2, -0.15) is 5.10 Å². The molecule has 1 amide bonds. The predicted octanol–water partition coefficient (Wildman–Crippen LogP) is 5.01. The first-order valence-corrected chi connectivity index (χ1v) is 13.2. The molecular weight excluding hydrogens is 526 g/mol. The molecule has 2 heterocycles. The number of para-hydroxylation sites is 1. The van der Waals surface area contributed by atoms with Crippen molar-refractivity contribution in [3.8, 4) is 17.2 Å². The van der Waals surface area contributed by atoms with Crippen LogP contribution in [0.4, 0.5) is 5.69 Å². The summed E-state index contributed by atoms with van der Waals surface area (Å²) in [6, 6.07) is 24.0.